The van der Waals surface area contributed by atoms with Crippen molar-refractivity contribution in [2.45, 2.75) is 20.3 Å². The van der Waals surface area contributed by atoms with E-state index in [1.54, 1.807) is 17.8 Å². The van der Waals surface area contributed by atoms with Gasteiger partial charge in [-0.2, -0.15) is 0 Å². The Morgan fingerprint density at radius 3 is 2.64 bits per heavy atom. The van der Waals surface area contributed by atoms with Crippen LogP contribution in [0.2, 0.25) is 0 Å². The highest BCUT2D eigenvalue weighted by atomic mass is 32.2. The molecule has 0 amide bonds. The molecular formula is C8H14O2S. The molecule has 0 aromatic rings. The fourth-order valence-electron chi connectivity index (χ4n) is 0.573. The molecule has 0 spiro atoms. The van der Waals surface area contributed by atoms with Gasteiger partial charge in [-0.1, -0.05) is 13.0 Å². The first-order valence-corrected chi connectivity index (χ1v) is 4.62. The van der Waals surface area contributed by atoms with Crippen LogP contribution in [-0.2, 0) is 9.53 Å². The van der Waals surface area contributed by atoms with E-state index in [2.05, 4.69) is 11.7 Å². The molecule has 0 saturated heterocycles. The molecule has 0 bridgehead atoms. The summed E-state index contributed by atoms with van der Waals surface area (Å²) in [5.41, 5.74) is 0. The van der Waals surface area contributed by atoms with E-state index in [0.29, 0.717) is 4.91 Å². The SMILES string of the molecule is C/C=C(\SCCC)C(=O)OC. The molecule has 0 N–H and O–H groups in total. The van der Waals surface area contributed by atoms with E-state index in [-0.39, 0.29) is 5.97 Å². The Balaban J connectivity index is 3.87. The minimum Gasteiger partial charge on any atom is -0.465 e. The van der Waals surface area contributed by atoms with Crippen LogP contribution in [0.15, 0.2) is 11.0 Å². The third kappa shape index (κ3) is 4.09. The number of carbonyl (C=O) groups is 1. The van der Waals surface area contributed by atoms with Crippen molar-refractivity contribution in [3.63, 3.8) is 0 Å². The average Bonchev–Trinajstić information content (AvgIpc) is 2.05. The summed E-state index contributed by atoms with van der Waals surface area (Å²) in [6.45, 7) is 3.92. The fraction of sp³-hybridized carbons (Fsp3) is 0.625. The van der Waals surface area contributed by atoms with Gasteiger partial charge in [-0.25, -0.2) is 4.79 Å². The number of thioether (sulfide) groups is 1. The summed E-state index contributed by atoms with van der Waals surface area (Å²) < 4.78 is 4.57. The van der Waals surface area contributed by atoms with Crippen LogP contribution in [0.4, 0.5) is 0 Å². The van der Waals surface area contributed by atoms with Gasteiger partial charge >= 0.3 is 5.97 Å². The zero-order chi connectivity index (χ0) is 8.69. The molecule has 0 unspecified atom stereocenters. The molecule has 0 aliphatic carbocycles. The molecule has 64 valence electrons. The van der Waals surface area contributed by atoms with Crippen LogP contribution in [-0.4, -0.2) is 18.8 Å². The second-order valence-corrected chi connectivity index (χ2v) is 3.13. The lowest BCUT2D eigenvalue weighted by molar-refractivity contribution is -0.135. The number of methoxy groups -OCH3 is 1. The van der Waals surface area contributed by atoms with E-state index in [4.69, 9.17) is 0 Å². The highest BCUT2D eigenvalue weighted by Crippen LogP contribution is 2.17. The predicted molar refractivity (Wildman–Crippen MR) is 48.5 cm³/mol. The van der Waals surface area contributed by atoms with Gasteiger partial charge in [-0.05, 0) is 19.1 Å². The molecule has 0 rings (SSSR count). The van der Waals surface area contributed by atoms with E-state index < -0.39 is 0 Å². The van der Waals surface area contributed by atoms with Gasteiger partial charge in [-0.3, -0.25) is 0 Å². The third-order valence-corrected chi connectivity index (χ3v) is 2.44. The Morgan fingerprint density at radius 1 is 1.64 bits per heavy atom. The van der Waals surface area contributed by atoms with E-state index in [9.17, 15) is 4.79 Å². The lowest BCUT2D eigenvalue weighted by atomic mass is 10.5. The van der Waals surface area contributed by atoms with Crippen LogP contribution in [0.5, 0.6) is 0 Å². The lowest BCUT2D eigenvalue weighted by Gasteiger charge is -2.01. The molecule has 0 aliphatic rings. The summed E-state index contributed by atoms with van der Waals surface area (Å²) in [5, 5.41) is 0. The zero-order valence-corrected chi connectivity index (χ0v) is 8.03. The number of esters is 1. The van der Waals surface area contributed by atoms with Gasteiger partial charge in [0.2, 0.25) is 0 Å². The quantitative estimate of drug-likeness (QED) is 0.483. The number of carbonyl (C=O) groups excluding carboxylic acids is 1. The number of allylic oxidation sites excluding steroid dienone is 1. The largest absolute Gasteiger partial charge is 0.465 e. The maximum Gasteiger partial charge on any atom is 0.343 e. The Labute approximate surface area is 72.0 Å². The second-order valence-electron chi connectivity index (χ2n) is 1.99. The maximum absolute atomic E-state index is 10.9. The Morgan fingerprint density at radius 2 is 2.27 bits per heavy atom. The fourth-order valence-corrected chi connectivity index (χ4v) is 1.36. The van der Waals surface area contributed by atoms with Crippen molar-refractivity contribution in [3.05, 3.63) is 11.0 Å². The topological polar surface area (TPSA) is 26.3 Å². The lowest BCUT2D eigenvalue weighted by Crippen LogP contribution is -2.01. The van der Waals surface area contributed by atoms with Crippen molar-refractivity contribution in [3.8, 4) is 0 Å². The van der Waals surface area contributed by atoms with Gasteiger partial charge in [-0.15, -0.1) is 11.8 Å². The number of ether oxygens (including phenoxy) is 1. The van der Waals surface area contributed by atoms with Crippen LogP contribution in [0, 0.1) is 0 Å². The highest BCUT2D eigenvalue weighted by Gasteiger charge is 2.06. The predicted octanol–water partition coefficient (Wildman–Crippen LogP) is 2.21. The molecule has 2 nitrogen and oxygen atoms in total. The zero-order valence-electron chi connectivity index (χ0n) is 7.22. The first-order chi connectivity index (χ1) is 5.26. The molecule has 0 atom stereocenters. The standard InChI is InChI=1S/C8H14O2S/c1-4-6-11-7(5-2)8(9)10-3/h5H,4,6H2,1-3H3/b7-5-. The summed E-state index contributed by atoms with van der Waals surface area (Å²) >= 11 is 1.54. The Bertz CT molecular complexity index is 152. The van der Waals surface area contributed by atoms with Crippen molar-refractivity contribution in [2.75, 3.05) is 12.9 Å². The second kappa shape index (κ2) is 6.28. The van der Waals surface area contributed by atoms with E-state index in [1.807, 2.05) is 6.92 Å². The first-order valence-electron chi connectivity index (χ1n) is 3.63. The van der Waals surface area contributed by atoms with Crippen molar-refractivity contribution < 1.29 is 9.53 Å². The minimum atomic E-state index is -0.231. The molecule has 0 radical (unpaired) electrons. The monoisotopic (exact) mass is 174 g/mol. The van der Waals surface area contributed by atoms with Gasteiger partial charge in [0.05, 0.1) is 12.0 Å². The number of rotatable bonds is 4. The van der Waals surface area contributed by atoms with Gasteiger partial charge < -0.3 is 4.74 Å². The molecule has 0 saturated carbocycles. The number of hydrogen-bond acceptors (Lipinski definition) is 3. The molecular weight excluding hydrogens is 160 g/mol. The highest BCUT2D eigenvalue weighted by molar-refractivity contribution is 8.03. The summed E-state index contributed by atoms with van der Waals surface area (Å²) in [6, 6.07) is 0. The van der Waals surface area contributed by atoms with Crippen molar-refractivity contribution in [2.24, 2.45) is 0 Å². The van der Waals surface area contributed by atoms with Crippen LogP contribution >= 0.6 is 11.8 Å². The van der Waals surface area contributed by atoms with E-state index in [1.165, 1.54) is 7.11 Å². The van der Waals surface area contributed by atoms with E-state index in [0.717, 1.165) is 12.2 Å². The number of hydrogen-bond donors (Lipinski definition) is 0. The van der Waals surface area contributed by atoms with Crippen LogP contribution in [0.3, 0.4) is 0 Å². The van der Waals surface area contributed by atoms with Crippen LogP contribution in [0.25, 0.3) is 0 Å². The Kier molecular flexibility index (Phi) is 6.03. The average molecular weight is 174 g/mol. The summed E-state index contributed by atoms with van der Waals surface area (Å²) in [5.74, 6) is 0.736. The molecule has 3 heteroatoms. The van der Waals surface area contributed by atoms with Crippen molar-refractivity contribution in [1.82, 2.24) is 0 Å². The molecule has 0 heterocycles. The molecule has 0 aliphatic heterocycles. The molecule has 0 aromatic carbocycles. The van der Waals surface area contributed by atoms with E-state index >= 15 is 0 Å². The molecule has 0 aromatic heterocycles. The van der Waals surface area contributed by atoms with Crippen molar-refractivity contribution >= 4 is 17.7 Å². The molecule has 11 heavy (non-hydrogen) atoms. The summed E-state index contributed by atoms with van der Waals surface area (Å²) in [6.07, 6.45) is 2.85. The van der Waals surface area contributed by atoms with Crippen LogP contribution < -0.4 is 0 Å². The third-order valence-electron chi connectivity index (χ3n) is 1.11. The van der Waals surface area contributed by atoms with Gasteiger partial charge in [0.15, 0.2) is 0 Å². The van der Waals surface area contributed by atoms with Crippen LogP contribution in [0.1, 0.15) is 20.3 Å². The molecule has 0 fully saturated rings. The van der Waals surface area contributed by atoms with Gasteiger partial charge in [0.1, 0.15) is 0 Å². The smallest absolute Gasteiger partial charge is 0.343 e. The summed E-state index contributed by atoms with van der Waals surface area (Å²) in [7, 11) is 1.40. The maximum atomic E-state index is 10.9. The normalized spacial score (nSPS) is 11.4. The minimum absolute atomic E-state index is 0.231. The van der Waals surface area contributed by atoms with Gasteiger partial charge in [0, 0.05) is 0 Å². The summed E-state index contributed by atoms with van der Waals surface area (Å²) in [4.78, 5) is 11.6. The first kappa shape index (κ1) is 10.6. The van der Waals surface area contributed by atoms with Gasteiger partial charge in [0.25, 0.3) is 0 Å². The Hall–Kier alpha value is -0.440. The van der Waals surface area contributed by atoms with Crippen molar-refractivity contribution in [1.29, 1.82) is 0 Å².